The van der Waals surface area contributed by atoms with E-state index < -0.39 is 0 Å². The van der Waals surface area contributed by atoms with Gasteiger partial charge < -0.3 is 0 Å². The molecule has 0 aliphatic carbocycles. The van der Waals surface area contributed by atoms with Crippen LogP contribution in [0.3, 0.4) is 0 Å². The van der Waals surface area contributed by atoms with Crippen molar-refractivity contribution in [1.29, 1.82) is 0 Å². The van der Waals surface area contributed by atoms with Crippen molar-refractivity contribution in [3.05, 3.63) is 18.2 Å². The molecule has 0 radical (unpaired) electrons. The molecule has 25 heavy (non-hydrogen) atoms. The summed E-state index contributed by atoms with van der Waals surface area (Å²) in [7, 11) is 0. The third kappa shape index (κ3) is 12.2. The Balaban J connectivity index is 1.99. The molecule has 0 fully saturated rings. The second-order valence-electron chi connectivity index (χ2n) is 8.28. The minimum Gasteiger partial charge on any atom is -0.248 e. The Labute approximate surface area is 157 Å². The number of nitrogens with one attached hydrogen (secondary N) is 1. The standard InChI is InChI=1S/C23H44N2/c1-4-5-6-7-8-9-10-11-12-16-20-25-21-19-24-23(25)18-15-13-14-17-22(2)3/h19,21-22H,4-18,20H2,1-3H3/p+1. The Morgan fingerprint density at radius 1 is 0.800 bits per heavy atom. The van der Waals surface area contributed by atoms with Gasteiger partial charge in [-0.15, -0.1) is 0 Å². The van der Waals surface area contributed by atoms with Crippen LogP contribution in [0.2, 0.25) is 0 Å². The number of nitrogens with zero attached hydrogens (tertiary/aromatic N) is 1. The molecule has 0 saturated heterocycles. The van der Waals surface area contributed by atoms with Gasteiger partial charge in [-0.3, -0.25) is 0 Å². The number of aromatic nitrogens is 2. The highest BCUT2D eigenvalue weighted by molar-refractivity contribution is 4.77. The first kappa shape index (κ1) is 22.3. The van der Waals surface area contributed by atoms with E-state index in [0.717, 1.165) is 5.92 Å². The van der Waals surface area contributed by atoms with Gasteiger partial charge in [0.05, 0.1) is 6.54 Å². The van der Waals surface area contributed by atoms with E-state index in [-0.39, 0.29) is 0 Å². The summed E-state index contributed by atoms with van der Waals surface area (Å²) in [6.45, 7) is 8.14. The van der Waals surface area contributed by atoms with Crippen LogP contribution >= 0.6 is 0 Å². The highest BCUT2D eigenvalue weighted by Crippen LogP contribution is 2.11. The van der Waals surface area contributed by atoms with Crippen molar-refractivity contribution in [2.75, 3.05) is 0 Å². The monoisotopic (exact) mass is 349 g/mol. The molecule has 0 saturated carbocycles. The molecule has 1 aromatic rings. The summed E-state index contributed by atoms with van der Waals surface area (Å²) in [5, 5.41) is 0. The summed E-state index contributed by atoms with van der Waals surface area (Å²) in [4.78, 5) is 3.45. The predicted octanol–water partition coefficient (Wildman–Crippen LogP) is 6.98. The lowest BCUT2D eigenvalue weighted by atomic mass is 10.0. The molecule has 0 aromatic carbocycles. The molecule has 1 N–H and O–H groups in total. The molecule has 0 bridgehead atoms. The SMILES string of the molecule is CCCCCCCCCCCC[n+]1cc[nH]c1CCCCCC(C)C. The highest BCUT2D eigenvalue weighted by atomic mass is 15.1. The van der Waals surface area contributed by atoms with Crippen LogP contribution in [0.5, 0.6) is 0 Å². The minimum absolute atomic E-state index is 0.853. The third-order valence-electron chi connectivity index (χ3n) is 5.30. The molecule has 146 valence electrons. The second-order valence-corrected chi connectivity index (χ2v) is 8.28. The molecule has 0 aliphatic heterocycles. The fraction of sp³-hybridized carbons (Fsp3) is 0.870. The van der Waals surface area contributed by atoms with Crippen LogP contribution in [0.15, 0.2) is 12.4 Å². The lowest BCUT2D eigenvalue weighted by Crippen LogP contribution is -2.36. The molecular weight excluding hydrogens is 304 g/mol. The first-order chi connectivity index (χ1) is 12.2. The fourth-order valence-electron chi connectivity index (χ4n) is 3.61. The molecule has 1 aromatic heterocycles. The Morgan fingerprint density at radius 2 is 1.40 bits per heavy atom. The summed E-state index contributed by atoms with van der Waals surface area (Å²) >= 11 is 0. The number of hydrogen-bond donors (Lipinski definition) is 1. The third-order valence-corrected chi connectivity index (χ3v) is 5.30. The molecule has 2 nitrogen and oxygen atoms in total. The van der Waals surface area contributed by atoms with Crippen molar-refractivity contribution >= 4 is 0 Å². The average molecular weight is 350 g/mol. The topological polar surface area (TPSA) is 19.7 Å². The van der Waals surface area contributed by atoms with E-state index in [2.05, 4.69) is 42.7 Å². The van der Waals surface area contributed by atoms with Crippen molar-refractivity contribution in [1.82, 2.24) is 4.98 Å². The van der Waals surface area contributed by atoms with Gasteiger partial charge in [-0.1, -0.05) is 91.4 Å². The van der Waals surface area contributed by atoms with Crippen LogP contribution in [0, 0.1) is 5.92 Å². The van der Waals surface area contributed by atoms with Crippen LogP contribution in [-0.2, 0) is 13.0 Å². The molecule has 0 spiro atoms. The van der Waals surface area contributed by atoms with E-state index in [1.54, 1.807) is 0 Å². The van der Waals surface area contributed by atoms with Gasteiger partial charge in [0.1, 0.15) is 12.4 Å². The van der Waals surface area contributed by atoms with Gasteiger partial charge >= 0.3 is 0 Å². The fourth-order valence-corrected chi connectivity index (χ4v) is 3.61. The highest BCUT2D eigenvalue weighted by Gasteiger charge is 2.09. The number of H-pyrrole nitrogens is 1. The summed E-state index contributed by atoms with van der Waals surface area (Å²) in [6, 6.07) is 0. The predicted molar refractivity (Wildman–Crippen MR) is 110 cm³/mol. The van der Waals surface area contributed by atoms with Gasteiger partial charge in [0, 0.05) is 6.42 Å². The molecular formula is C23H45N2+. The first-order valence-corrected chi connectivity index (χ1v) is 11.3. The van der Waals surface area contributed by atoms with Gasteiger partial charge in [0.25, 0.3) is 5.82 Å². The van der Waals surface area contributed by atoms with Crippen LogP contribution in [0.4, 0.5) is 0 Å². The lowest BCUT2D eigenvalue weighted by molar-refractivity contribution is -0.703. The second kappa shape index (κ2) is 15.5. The van der Waals surface area contributed by atoms with Crippen LogP contribution in [-0.4, -0.2) is 4.98 Å². The number of aryl methyl sites for hydroxylation is 2. The Hall–Kier alpha value is -0.790. The van der Waals surface area contributed by atoms with Crippen molar-refractivity contribution in [2.45, 2.75) is 124 Å². The van der Waals surface area contributed by atoms with Crippen molar-refractivity contribution < 1.29 is 4.57 Å². The van der Waals surface area contributed by atoms with Gasteiger partial charge in [-0.25, -0.2) is 9.55 Å². The van der Waals surface area contributed by atoms with Crippen molar-refractivity contribution in [3.63, 3.8) is 0 Å². The van der Waals surface area contributed by atoms with Gasteiger partial charge in [0.15, 0.2) is 0 Å². The smallest absolute Gasteiger partial charge is 0.248 e. The lowest BCUT2D eigenvalue weighted by Gasteiger charge is -2.04. The molecule has 0 unspecified atom stereocenters. The summed E-state index contributed by atoms with van der Waals surface area (Å²) in [6.07, 6.45) is 25.2. The summed E-state index contributed by atoms with van der Waals surface area (Å²) in [5.74, 6) is 2.28. The van der Waals surface area contributed by atoms with E-state index in [4.69, 9.17) is 0 Å². The molecule has 1 rings (SSSR count). The van der Waals surface area contributed by atoms with E-state index in [9.17, 15) is 0 Å². The number of imidazole rings is 1. The maximum Gasteiger partial charge on any atom is 0.254 e. The summed E-state index contributed by atoms with van der Waals surface area (Å²) in [5.41, 5.74) is 0. The molecule has 0 amide bonds. The van der Waals surface area contributed by atoms with E-state index in [1.807, 2.05) is 0 Å². The number of rotatable bonds is 17. The first-order valence-electron chi connectivity index (χ1n) is 11.3. The number of unbranched alkanes of at least 4 members (excludes halogenated alkanes) is 11. The minimum atomic E-state index is 0.853. The molecule has 0 atom stereocenters. The van der Waals surface area contributed by atoms with Crippen molar-refractivity contribution in [2.24, 2.45) is 5.92 Å². The van der Waals surface area contributed by atoms with Crippen LogP contribution < -0.4 is 4.57 Å². The molecule has 1 heterocycles. The Morgan fingerprint density at radius 3 is 2.04 bits per heavy atom. The zero-order chi connectivity index (χ0) is 18.2. The number of hydrogen-bond acceptors (Lipinski definition) is 0. The normalized spacial score (nSPS) is 11.5. The van der Waals surface area contributed by atoms with E-state index in [1.165, 1.54) is 109 Å². The average Bonchev–Trinajstić information content (AvgIpc) is 3.03. The van der Waals surface area contributed by atoms with Gasteiger partial charge in [-0.05, 0) is 25.2 Å². The van der Waals surface area contributed by atoms with E-state index >= 15 is 0 Å². The summed E-state index contributed by atoms with van der Waals surface area (Å²) < 4.78 is 2.45. The zero-order valence-corrected chi connectivity index (χ0v) is 17.5. The maximum atomic E-state index is 3.45. The zero-order valence-electron chi connectivity index (χ0n) is 17.5. The molecule has 0 aliphatic rings. The Bertz CT molecular complexity index is 395. The van der Waals surface area contributed by atoms with Crippen molar-refractivity contribution in [3.8, 4) is 0 Å². The number of aromatic amines is 1. The van der Waals surface area contributed by atoms with E-state index in [0.29, 0.717) is 0 Å². The quantitative estimate of drug-likeness (QED) is 0.231. The Kier molecular flexibility index (Phi) is 13.8. The van der Waals surface area contributed by atoms with Crippen LogP contribution in [0.25, 0.3) is 0 Å². The van der Waals surface area contributed by atoms with Gasteiger partial charge in [-0.2, -0.15) is 0 Å². The largest absolute Gasteiger partial charge is 0.254 e. The van der Waals surface area contributed by atoms with Gasteiger partial charge in [0.2, 0.25) is 0 Å². The molecule has 2 heteroatoms. The van der Waals surface area contributed by atoms with Crippen LogP contribution in [0.1, 0.15) is 116 Å². The maximum absolute atomic E-state index is 3.45.